The van der Waals surface area contributed by atoms with Gasteiger partial charge in [0.25, 0.3) is 5.91 Å². The number of benzene rings is 2. The molecule has 1 N–H and O–H groups in total. The summed E-state index contributed by atoms with van der Waals surface area (Å²) in [4.78, 5) is 31.8. The minimum atomic E-state index is -0.596. The van der Waals surface area contributed by atoms with E-state index in [0.29, 0.717) is 35.9 Å². The number of ether oxygens (including phenoxy) is 4. The van der Waals surface area contributed by atoms with Crippen LogP contribution in [-0.4, -0.2) is 88.9 Å². The second kappa shape index (κ2) is 13.0. The molecule has 0 spiro atoms. The van der Waals surface area contributed by atoms with E-state index in [1.54, 1.807) is 26.2 Å². The zero-order valence-electron chi connectivity index (χ0n) is 22.8. The Morgan fingerprint density at radius 3 is 2.34 bits per heavy atom. The van der Waals surface area contributed by atoms with Crippen LogP contribution >= 0.6 is 0 Å². The smallest absolute Gasteiger partial charge is 0.254 e. The Labute approximate surface area is 225 Å². The van der Waals surface area contributed by atoms with Gasteiger partial charge in [-0.05, 0) is 48.7 Å². The molecule has 2 aromatic rings. The van der Waals surface area contributed by atoms with Crippen LogP contribution in [0.1, 0.15) is 53.2 Å². The topological polar surface area (TPSA) is 89.6 Å². The van der Waals surface area contributed by atoms with Gasteiger partial charge in [-0.15, -0.1) is 0 Å². The zero-order valence-corrected chi connectivity index (χ0v) is 22.8. The van der Waals surface area contributed by atoms with Gasteiger partial charge < -0.3 is 29.2 Å². The second-order valence-electron chi connectivity index (χ2n) is 9.57. The Kier molecular flexibility index (Phi) is 9.47. The van der Waals surface area contributed by atoms with Crippen LogP contribution in [0, 0.1) is 0 Å². The van der Waals surface area contributed by atoms with E-state index in [2.05, 4.69) is 10.2 Å². The first-order valence-electron chi connectivity index (χ1n) is 13.3. The van der Waals surface area contributed by atoms with Crippen molar-refractivity contribution in [2.75, 3.05) is 67.3 Å². The van der Waals surface area contributed by atoms with Gasteiger partial charge in [0.2, 0.25) is 11.7 Å². The van der Waals surface area contributed by atoms with Crippen LogP contribution in [0.25, 0.3) is 0 Å². The summed E-state index contributed by atoms with van der Waals surface area (Å²) in [6.07, 6.45) is 1.59. The summed E-state index contributed by atoms with van der Waals surface area (Å²) in [5, 5.41) is 3.17. The maximum Gasteiger partial charge on any atom is 0.254 e. The van der Waals surface area contributed by atoms with Gasteiger partial charge in [0.05, 0.1) is 46.5 Å². The average Bonchev–Trinajstić information content (AvgIpc) is 2.96. The van der Waals surface area contributed by atoms with E-state index in [9.17, 15) is 9.59 Å². The van der Waals surface area contributed by atoms with Crippen molar-refractivity contribution in [2.45, 2.75) is 31.7 Å². The van der Waals surface area contributed by atoms with Crippen LogP contribution in [0.15, 0.2) is 36.4 Å². The molecule has 0 aliphatic carbocycles. The third kappa shape index (κ3) is 5.73. The number of methoxy groups -OCH3 is 3. The lowest BCUT2D eigenvalue weighted by atomic mass is 9.79. The molecule has 0 bridgehead atoms. The lowest BCUT2D eigenvalue weighted by Gasteiger charge is -2.42. The fourth-order valence-corrected chi connectivity index (χ4v) is 5.45. The van der Waals surface area contributed by atoms with Gasteiger partial charge in [0, 0.05) is 31.7 Å². The molecule has 9 heteroatoms. The van der Waals surface area contributed by atoms with E-state index >= 15 is 0 Å². The molecule has 0 aromatic heterocycles. The van der Waals surface area contributed by atoms with Gasteiger partial charge in [-0.2, -0.15) is 0 Å². The fraction of sp³-hybridized carbons (Fsp3) is 0.517. The highest BCUT2D eigenvalue weighted by molar-refractivity contribution is 6.01. The highest BCUT2D eigenvalue weighted by Gasteiger charge is 2.44. The maximum absolute atomic E-state index is 13.9. The van der Waals surface area contributed by atoms with Crippen LogP contribution < -0.4 is 19.5 Å². The molecule has 2 atom stereocenters. The Bertz CT molecular complexity index is 1090. The van der Waals surface area contributed by atoms with Crippen molar-refractivity contribution < 1.29 is 28.5 Å². The van der Waals surface area contributed by atoms with Gasteiger partial charge in [0.1, 0.15) is 0 Å². The van der Waals surface area contributed by atoms with Gasteiger partial charge in [-0.1, -0.05) is 25.1 Å². The van der Waals surface area contributed by atoms with Crippen molar-refractivity contribution in [3.05, 3.63) is 53.1 Å². The van der Waals surface area contributed by atoms with Crippen molar-refractivity contribution in [2.24, 2.45) is 0 Å². The second-order valence-corrected chi connectivity index (χ2v) is 9.57. The Morgan fingerprint density at radius 2 is 1.71 bits per heavy atom. The number of amides is 2. The van der Waals surface area contributed by atoms with Crippen LogP contribution in [0.4, 0.5) is 0 Å². The number of nitrogens with zero attached hydrogens (tertiary/aromatic N) is 2. The van der Waals surface area contributed by atoms with Crippen LogP contribution in [-0.2, 0) is 9.53 Å². The van der Waals surface area contributed by atoms with E-state index in [0.717, 1.165) is 56.8 Å². The minimum Gasteiger partial charge on any atom is -0.493 e. The number of hydrogen-bond acceptors (Lipinski definition) is 7. The number of nitrogens with one attached hydrogen (secondary N) is 1. The molecule has 0 radical (unpaired) electrons. The summed E-state index contributed by atoms with van der Waals surface area (Å²) in [6.45, 7) is 7.34. The molecule has 2 aromatic carbocycles. The van der Waals surface area contributed by atoms with E-state index in [1.165, 1.54) is 0 Å². The number of carbonyl (C=O) groups excluding carboxylic acids is 2. The first-order valence-corrected chi connectivity index (χ1v) is 13.3. The fourth-order valence-electron chi connectivity index (χ4n) is 5.45. The summed E-state index contributed by atoms with van der Waals surface area (Å²) in [5.41, 5.74) is 2.05. The summed E-state index contributed by atoms with van der Waals surface area (Å²) in [6, 6.07) is 10.6. The number of hydrogen-bond donors (Lipinski definition) is 1. The van der Waals surface area contributed by atoms with Crippen molar-refractivity contribution in [1.82, 2.24) is 15.1 Å². The standard InChI is InChI=1S/C29H39N3O6/c1-5-12-32-26(20-18-23(35-2)27(37-4)24(19-20)36-3)25(21-9-6-7-10-22(21)29(32)34)28(33)30-11-8-13-31-14-16-38-17-15-31/h6-7,9-10,18-19,25-26H,5,8,11-17H2,1-4H3,(H,30,33). The maximum atomic E-state index is 13.9. The normalized spacial score (nSPS) is 19.6. The zero-order chi connectivity index (χ0) is 27.1. The highest BCUT2D eigenvalue weighted by Crippen LogP contribution is 2.47. The number of rotatable bonds is 11. The first kappa shape index (κ1) is 27.7. The molecule has 2 aliphatic rings. The Hall–Kier alpha value is -3.30. The van der Waals surface area contributed by atoms with E-state index in [4.69, 9.17) is 18.9 Å². The molecule has 38 heavy (non-hydrogen) atoms. The molecule has 2 heterocycles. The van der Waals surface area contributed by atoms with Crippen molar-refractivity contribution >= 4 is 11.8 Å². The molecule has 2 unspecified atom stereocenters. The van der Waals surface area contributed by atoms with E-state index in [1.807, 2.05) is 43.3 Å². The average molecular weight is 526 g/mol. The molecule has 4 rings (SSSR count). The quantitative estimate of drug-likeness (QED) is 0.451. The molecule has 206 valence electrons. The molecule has 0 saturated carbocycles. The van der Waals surface area contributed by atoms with Crippen molar-refractivity contribution in [3.63, 3.8) is 0 Å². The predicted octanol–water partition coefficient (Wildman–Crippen LogP) is 3.24. The van der Waals surface area contributed by atoms with E-state index < -0.39 is 12.0 Å². The predicted molar refractivity (Wildman–Crippen MR) is 144 cm³/mol. The first-order chi connectivity index (χ1) is 18.5. The van der Waals surface area contributed by atoms with Crippen LogP contribution in [0.2, 0.25) is 0 Å². The van der Waals surface area contributed by atoms with Gasteiger partial charge in [-0.3, -0.25) is 14.5 Å². The number of carbonyl (C=O) groups is 2. The van der Waals surface area contributed by atoms with Gasteiger partial charge in [0.15, 0.2) is 11.5 Å². The van der Waals surface area contributed by atoms with Crippen LogP contribution in [0.3, 0.4) is 0 Å². The lowest BCUT2D eigenvalue weighted by Crippen LogP contribution is -2.48. The van der Waals surface area contributed by atoms with E-state index in [-0.39, 0.29) is 11.8 Å². The minimum absolute atomic E-state index is 0.0856. The van der Waals surface area contributed by atoms with Crippen molar-refractivity contribution in [1.29, 1.82) is 0 Å². The van der Waals surface area contributed by atoms with Crippen LogP contribution in [0.5, 0.6) is 17.2 Å². The summed E-state index contributed by atoms with van der Waals surface area (Å²) in [7, 11) is 4.67. The number of fused-ring (bicyclic) bond motifs is 1. The lowest BCUT2D eigenvalue weighted by molar-refractivity contribution is -0.124. The largest absolute Gasteiger partial charge is 0.493 e. The Balaban J connectivity index is 1.69. The highest BCUT2D eigenvalue weighted by atomic mass is 16.5. The third-order valence-corrected chi connectivity index (χ3v) is 7.27. The van der Waals surface area contributed by atoms with Crippen molar-refractivity contribution in [3.8, 4) is 17.2 Å². The summed E-state index contributed by atoms with van der Waals surface area (Å²) >= 11 is 0. The monoisotopic (exact) mass is 525 g/mol. The molecule has 9 nitrogen and oxygen atoms in total. The number of morpholine rings is 1. The summed E-state index contributed by atoms with van der Waals surface area (Å²) < 4.78 is 22.2. The van der Waals surface area contributed by atoms with Gasteiger partial charge in [-0.25, -0.2) is 0 Å². The summed E-state index contributed by atoms with van der Waals surface area (Å²) in [5.74, 6) is 0.641. The molecule has 1 fully saturated rings. The molecule has 2 amide bonds. The third-order valence-electron chi connectivity index (χ3n) is 7.27. The molecular formula is C29H39N3O6. The van der Waals surface area contributed by atoms with Gasteiger partial charge >= 0.3 is 0 Å². The Morgan fingerprint density at radius 1 is 1.03 bits per heavy atom. The molecule has 2 aliphatic heterocycles. The molecular weight excluding hydrogens is 486 g/mol. The molecule has 1 saturated heterocycles. The SMILES string of the molecule is CCCN1C(=O)c2ccccc2C(C(=O)NCCCN2CCOCC2)C1c1cc(OC)c(OC)c(OC)c1.